The molecule has 1 N–H and O–H groups in total. The van der Waals surface area contributed by atoms with Gasteiger partial charge >= 0.3 is 5.97 Å². The van der Waals surface area contributed by atoms with Gasteiger partial charge in [-0.1, -0.05) is 12.1 Å². The molecule has 7 heteroatoms. The van der Waals surface area contributed by atoms with Gasteiger partial charge in [-0.2, -0.15) is 0 Å². The quantitative estimate of drug-likeness (QED) is 0.659. The Morgan fingerprint density at radius 1 is 1.35 bits per heavy atom. The van der Waals surface area contributed by atoms with Crippen LogP contribution in [-0.2, 0) is 26.3 Å². The average Bonchev–Trinajstić information content (AvgIpc) is 2.99. The van der Waals surface area contributed by atoms with E-state index < -0.39 is 29.2 Å². The number of esters is 1. The third-order valence-corrected chi connectivity index (χ3v) is 4.95. The standard InChI is InChI=1S/C19H16FN3O3/c1-26-18(25)15-17(24)22-16(14-4-2-3-9-21-14)23-19(15)8-7-11-5-6-12(20)10-13(11)19/h2-6,9-10,15H,7-8H2,1H3,(H,22,23,24). The molecule has 4 rings (SSSR count). The molecule has 6 nitrogen and oxygen atoms in total. The number of carbonyl (C=O) groups is 2. The summed E-state index contributed by atoms with van der Waals surface area (Å²) in [6.07, 6.45) is 2.59. The van der Waals surface area contributed by atoms with Crippen molar-refractivity contribution in [3.05, 3.63) is 65.2 Å². The van der Waals surface area contributed by atoms with Crippen LogP contribution < -0.4 is 5.32 Å². The number of amides is 1. The summed E-state index contributed by atoms with van der Waals surface area (Å²) in [5.41, 5.74) is 0.711. The number of aliphatic imine (C=N–C) groups is 1. The highest BCUT2D eigenvalue weighted by Crippen LogP contribution is 2.48. The number of halogens is 1. The second kappa shape index (κ2) is 6.01. The number of methoxy groups -OCH3 is 1. The molecule has 2 atom stereocenters. The van der Waals surface area contributed by atoms with Gasteiger partial charge in [-0.15, -0.1) is 0 Å². The maximum atomic E-state index is 13.9. The fourth-order valence-electron chi connectivity index (χ4n) is 3.79. The van der Waals surface area contributed by atoms with E-state index in [1.165, 1.54) is 19.2 Å². The molecular formula is C19H16FN3O3. The summed E-state index contributed by atoms with van der Waals surface area (Å²) >= 11 is 0. The van der Waals surface area contributed by atoms with Gasteiger partial charge in [-0.25, -0.2) is 4.39 Å². The second-order valence-electron chi connectivity index (χ2n) is 6.35. The second-order valence-corrected chi connectivity index (χ2v) is 6.35. The molecule has 1 aliphatic heterocycles. The molecule has 132 valence electrons. The van der Waals surface area contributed by atoms with Gasteiger partial charge in [-0.3, -0.25) is 19.6 Å². The van der Waals surface area contributed by atoms with E-state index >= 15 is 0 Å². The van der Waals surface area contributed by atoms with Crippen LogP contribution in [0.2, 0.25) is 0 Å². The lowest BCUT2D eigenvalue weighted by molar-refractivity contribution is -0.153. The minimum Gasteiger partial charge on any atom is -0.468 e. The monoisotopic (exact) mass is 353 g/mol. The lowest BCUT2D eigenvalue weighted by Gasteiger charge is -2.36. The van der Waals surface area contributed by atoms with E-state index in [1.807, 2.05) is 0 Å². The van der Waals surface area contributed by atoms with Crippen LogP contribution >= 0.6 is 0 Å². The van der Waals surface area contributed by atoms with Gasteiger partial charge in [0.1, 0.15) is 17.1 Å². The van der Waals surface area contributed by atoms with Crippen molar-refractivity contribution in [1.29, 1.82) is 0 Å². The Bertz CT molecular complexity index is 929. The Kier molecular flexibility index (Phi) is 3.79. The Balaban J connectivity index is 1.94. The van der Waals surface area contributed by atoms with Crippen LogP contribution in [-0.4, -0.2) is 29.8 Å². The number of amidine groups is 1. The number of aryl methyl sites for hydroxylation is 1. The molecule has 1 aromatic carbocycles. The summed E-state index contributed by atoms with van der Waals surface area (Å²) in [5, 5.41) is 2.65. The van der Waals surface area contributed by atoms with Gasteiger partial charge in [0.05, 0.1) is 7.11 Å². The highest BCUT2D eigenvalue weighted by molar-refractivity contribution is 6.14. The number of rotatable bonds is 2. The third-order valence-electron chi connectivity index (χ3n) is 4.95. The van der Waals surface area contributed by atoms with Gasteiger partial charge in [-0.05, 0) is 48.2 Å². The van der Waals surface area contributed by atoms with Crippen LogP contribution in [0.4, 0.5) is 4.39 Å². The first-order valence-electron chi connectivity index (χ1n) is 8.24. The molecule has 2 aliphatic rings. The van der Waals surface area contributed by atoms with Crippen LogP contribution in [0.5, 0.6) is 0 Å². The molecule has 2 unspecified atom stereocenters. The van der Waals surface area contributed by atoms with E-state index in [0.29, 0.717) is 24.1 Å². The van der Waals surface area contributed by atoms with Crippen LogP contribution in [0, 0.1) is 11.7 Å². The molecule has 0 fully saturated rings. The van der Waals surface area contributed by atoms with Crippen molar-refractivity contribution in [2.75, 3.05) is 7.11 Å². The number of nitrogens with zero attached hydrogens (tertiary/aromatic N) is 2. The normalized spacial score (nSPS) is 24.0. The van der Waals surface area contributed by atoms with Crippen molar-refractivity contribution in [3.8, 4) is 0 Å². The Morgan fingerprint density at radius 2 is 2.19 bits per heavy atom. The lowest BCUT2D eigenvalue weighted by Crippen LogP contribution is -2.54. The molecular weight excluding hydrogens is 337 g/mol. The molecule has 0 saturated carbocycles. The number of pyridine rings is 1. The van der Waals surface area contributed by atoms with Gasteiger partial charge in [0.2, 0.25) is 5.91 Å². The number of aromatic nitrogens is 1. The van der Waals surface area contributed by atoms with E-state index in [1.54, 1.807) is 30.5 Å². The molecule has 2 aromatic rings. The van der Waals surface area contributed by atoms with Crippen LogP contribution in [0.1, 0.15) is 23.2 Å². The van der Waals surface area contributed by atoms with Crippen molar-refractivity contribution in [1.82, 2.24) is 10.3 Å². The smallest absolute Gasteiger partial charge is 0.321 e. The summed E-state index contributed by atoms with van der Waals surface area (Å²) in [4.78, 5) is 34.2. The van der Waals surface area contributed by atoms with E-state index in [-0.39, 0.29) is 5.84 Å². The summed E-state index contributed by atoms with van der Waals surface area (Å²) in [7, 11) is 1.22. The lowest BCUT2D eigenvalue weighted by atomic mass is 9.77. The van der Waals surface area contributed by atoms with Crippen molar-refractivity contribution in [2.24, 2.45) is 10.9 Å². The Labute approximate surface area is 149 Å². The first-order valence-corrected chi connectivity index (χ1v) is 8.24. The molecule has 2 heterocycles. The highest BCUT2D eigenvalue weighted by atomic mass is 19.1. The SMILES string of the molecule is COC(=O)C1C(=O)NC(c2ccccn2)=NC12CCc1ccc(F)cc12. The van der Waals surface area contributed by atoms with Crippen molar-refractivity contribution in [2.45, 2.75) is 18.4 Å². The van der Waals surface area contributed by atoms with Crippen LogP contribution in [0.25, 0.3) is 0 Å². The Hall–Kier alpha value is -3.09. The molecule has 1 aromatic heterocycles. The zero-order valence-corrected chi connectivity index (χ0v) is 14.0. The molecule has 0 bridgehead atoms. The van der Waals surface area contributed by atoms with E-state index in [0.717, 1.165) is 5.56 Å². The number of hydrogen-bond acceptors (Lipinski definition) is 5. The number of fused-ring (bicyclic) bond motifs is 2. The topological polar surface area (TPSA) is 80.7 Å². The summed E-state index contributed by atoms with van der Waals surface area (Å²) in [6.45, 7) is 0. The first kappa shape index (κ1) is 16.4. The van der Waals surface area contributed by atoms with Gasteiger partial charge in [0, 0.05) is 6.20 Å². The maximum absolute atomic E-state index is 13.9. The van der Waals surface area contributed by atoms with E-state index in [9.17, 15) is 14.0 Å². The summed E-state index contributed by atoms with van der Waals surface area (Å²) in [5.74, 6) is -2.56. The molecule has 0 radical (unpaired) electrons. The molecule has 1 spiro atoms. The first-order chi connectivity index (χ1) is 12.5. The van der Waals surface area contributed by atoms with Gasteiger partial charge in [0.25, 0.3) is 0 Å². The fourth-order valence-corrected chi connectivity index (χ4v) is 3.79. The highest BCUT2D eigenvalue weighted by Gasteiger charge is 2.55. The minimum absolute atomic E-state index is 0.271. The third kappa shape index (κ3) is 2.39. The largest absolute Gasteiger partial charge is 0.468 e. The number of ether oxygens (including phenoxy) is 1. The van der Waals surface area contributed by atoms with E-state index in [4.69, 9.17) is 9.73 Å². The van der Waals surface area contributed by atoms with Crippen LogP contribution in [0.3, 0.4) is 0 Å². The number of nitrogens with one attached hydrogen (secondary N) is 1. The molecule has 0 saturated heterocycles. The van der Waals surface area contributed by atoms with Crippen molar-refractivity contribution in [3.63, 3.8) is 0 Å². The zero-order valence-electron chi connectivity index (χ0n) is 14.0. The fraction of sp³-hybridized carbons (Fsp3) is 0.263. The number of benzene rings is 1. The maximum Gasteiger partial charge on any atom is 0.321 e. The average molecular weight is 353 g/mol. The molecule has 26 heavy (non-hydrogen) atoms. The molecule has 1 amide bonds. The zero-order chi connectivity index (χ0) is 18.3. The number of carbonyl (C=O) groups excluding carboxylic acids is 2. The van der Waals surface area contributed by atoms with Crippen molar-refractivity contribution < 1.29 is 18.7 Å². The Morgan fingerprint density at radius 3 is 2.92 bits per heavy atom. The van der Waals surface area contributed by atoms with Crippen molar-refractivity contribution >= 4 is 17.7 Å². The van der Waals surface area contributed by atoms with Gasteiger partial charge < -0.3 is 10.1 Å². The predicted molar refractivity (Wildman–Crippen MR) is 90.8 cm³/mol. The number of hydrogen-bond donors (Lipinski definition) is 1. The molecule has 1 aliphatic carbocycles. The van der Waals surface area contributed by atoms with E-state index in [2.05, 4.69) is 10.3 Å². The predicted octanol–water partition coefficient (Wildman–Crippen LogP) is 1.73. The minimum atomic E-state index is -1.19. The summed E-state index contributed by atoms with van der Waals surface area (Å²) in [6, 6.07) is 9.65. The van der Waals surface area contributed by atoms with Crippen LogP contribution in [0.15, 0.2) is 47.6 Å². The van der Waals surface area contributed by atoms with Gasteiger partial charge in [0.15, 0.2) is 11.8 Å². The summed E-state index contributed by atoms with van der Waals surface area (Å²) < 4.78 is 18.8.